The minimum Gasteiger partial charge on any atom is -0.325 e. The molecule has 166 valence electrons. The highest BCUT2D eigenvalue weighted by Crippen LogP contribution is 2.20. The molecule has 0 unspecified atom stereocenters. The second-order valence-electron chi connectivity index (χ2n) is 7.76. The number of hydrogen-bond donors (Lipinski definition) is 1. The van der Waals surface area contributed by atoms with Crippen molar-refractivity contribution >= 4 is 27.4 Å². The highest BCUT2D eigenvalue weighted by atomic mass is 32.2. The first-order valence-electron chi connectivity index (χ1n) is 10.2. The van der Waals surface area contributed by atoms with E-state index in [0.29, 0.717) is 11.3 Å². The maximum Gasteiger partial charge on any atom is 0.243 e. The Hall–Kier alpha value is -3.29. The maximum absolute atomic E-state index is 13.3. The van der Waals surface area contributed by atoms with Gasteiger partial charge in [-0.15, -0.1) is 0 Å². The standard InChI is InChI=1S/C25H26N2O4S/c1-18-7-11-21(12-8-18)16-27(32(30,31)24-13-9-19(2)10-14-24)17-25(29)26-23-6-4-5-22(15-23)20(3)28/h4-15H,16-17H2,1-3H3,(H,26,29). The molecule has 0 radical (unpaired) electrons. The Kier molecular flexibility index (Phi) is 7.22. The van der Waals surface area contributed by atoms with Gasteiger partial charge in [0.1, 0.15) is 0 Å². The molecule has 0 heterocycles. The van der Waals surface area contributed by atoms with Crippen LogP contribution in [0.2, 0.25) is 0 Å². The Balaban J connectivity index is 1.87. The average molecular weight is 451 g/mol. The van der Waals surface area contributed by atoms with Crippen LogP contribution in [-0.2, 0) is 21.4 Å². The first-order chi connectivity index (χ1) is 15.1. The van der Waals surface area contributed by atoms with Gasteiger partial charge in [0.15, 0.2) is 5.78 Å². The predicted octanol–water partition coefficient (Wildman–Crippen LogP) is 4.34. The molecule has 3 aromatic carbocycles. The van der Waals surface area contributed by atoms with Crippen molar-refractivity contribution in [1.29, 1.82) is 0 Å². The van der Waals surface area contributed by atoms with Gasteiger partial charge in [0.05, 0.1) is 11.4 Å². The van der Waals surface area contributed by atoms with Crippen LogP contribution in [0.5, 0.6) is 0 Å². The zero-order valence-electron chi connectivity index (χ0n) is 18.3. The smallest absolute Gasteiger partial charge is 0.243 e. The van der Waals surface area contributed by atoms with Gasteiger partial charge in [-0.3, -0.25) is 9.59 Å². The number of benzene rings is 3. The van der Waals surface area contributed by atoms with Gasteiger partial charge in [-0.25, -0.2) is 8.42 Å². The largest absolute Gasteiger partial charge is 0.325 e. The van der Waals surface area contributed by atoms with E-state index in [1.165, 1.54) is 6.92 Å². The van der Waals surface area contributed by atoms with Crippen LogP contribution in [0.25, 0.3) is 0 Å². The number of nitrogens with zero attached hydrogens (tertiary/aromatic N) is 1. The van der Waals surface area contributed by atoms with E-state index < -0.39 is 15.9 Å². The highest BCUT2D eigenvalue weighted by molar-refractivity contribution is 7.89. The Morgan fingerprint density at radius 2 is 1.47 bits per heavy atom. The summed E-state index contributed by atoms with van der Waals surface area (Å²) in [5, 5.41) is 2.70. The summed E-state index contributed by atoms with van der Waals surface area (Å²) >= 11 is 0. The Labute approximate surface area is 188 Å². The molecule has 1 amide bonds. The summed E-state index contributed by atoms with van der Waals surface area (Å²) in [5.74, 6) is -0.613. The van der Waals surface area contributed by atoms with Gasteiger partial charge < -0.3 is 5.32 Å². The number of Topliss-reactive ketones (excluding diaryl/α,β-unsaturated/α-hetero) is 1. The van der Waals surface area contributed by atoms with Crippen molar-refractivity contribution in [2.24, 2.45) is 0 Å². The molecule has 0 aliphatic carbocycles. The lowest BCUT2D eigenvalue weighted by Crippen LogP contribution is -2.37. The average Bonchev–Trinajstić information content (AvgIpc) is 2.75. The number of hydrogen-bond acceptors (Lipinski definition) is 4. The molecule has 3 aromatic rings. The third-order valence-electron chi connectivity index (χ3n) is 5.01. The number of nitrogens with one attached hydrogen (secondary N) is 1. The first kappa shape index (κ1) is 23.4. The molecule has 0 bridgehead atoms. The maximum atomic E-state index is 13.3. The van der Waals surface area contributed by atoms with E-state index in [1.54, 1.807) is 48.5 Å². The molecule has 6 nitrogen and oxygen atoms in total. The number of anilines is 1. The predicted molar refractivity (Wildman–Crippen MR) is 125 cm³/mol. The van der Waals surface area contributed by atoms with Crippen LogP contribution < -0.4 is 5.32 Å². The molecular formula is C25H26N2O4S. The van der Waals surface area contributed by atoms with Crippen LogP contribution in [0.1, 0.15) is 34.0 Å². The van der Waals surface area contributed by atoms with Crippen LogP contribution in [0.3, 0.4) is 0 Å². The van der Waals surface area contributed by atoms with Crippen molar-refractivity contribution in [1.82, 2.24) is 4.31 Å². The van der Waals surface area contributed by atoms with E-state index in [9.17, 15) is 18.0 Å². The van der Waals surface area contributed by atoms with Gasteiger partial charge in [-0.2, -0.15) is 4.31 Å². The first-order valence-corrected chi connectivity index (χ1v) is 11.6. The molecule has 0 atom stereocenters. The van der Waals surface area contributed by atoms with E-state index in [-0.39, 0.29) is 23.8 Å². The van der Waals surface area contributed by atoms with Crippen molar-refractivity contribution in [3.8, 4) is 0 Å². The highest BCUT2D eigenvalue weighted by Gasteiger charge is 2.27. The third-order valence-corrected chi connectivity index (χ3v) is 6.82. The Morgan fingerprint density at radius 1 is 0.875 bits per heavy atom. The van der Waals surface area contributed by atoms with Crippen LogP contribution in [0.4, 0.5) is 5.69 Å². The topological polar surface area (TPSA) is 83.6 Å². The minimum absolute atomic E-state index is 0.0530. The number of sulfonamides is 1. The summed E-state index contributed by atoms with van der Waals surface area (Å²) in [5.41, 5.74) is 3.68. The molecule has 0 aromatic heterocycles. The van der Waals surface area contributed by atoms with Crippen LogP contribution in [0.15, 0.2) is 77.7 Å². The van der Waals surface area contributed by atoms with Crippen LogP contribution in [-0.4, -0.2) is 31.0 Å². The van der Waals surface area contributed by atoms with Crippen LogP contribution >= 0.6 is 0 Å². The Bertz CT molecular complexity index is 1220. The van der Waals surface area contributed by atoms with Gasteiger partial charge >= 0.3 is 0 Å². The Morgan fingerprint density at radius 3 is 2.06 bits per heavy atom. The molecule has 0 aliphatic heterocycles. The van der Waals surface area contributed by atoms with Crippen LogP contribution in [0, 0.1) is 13.8 Å². The lowest BCUT2D eigenvalue weighted by Gasteiger charge is -2.22. The van der Waals surface area contributed by atoms with Gasteiger partial charge in [0, 0.05) is 17.8 Å². The lowest BCUT2D eigenvalue weighted by molar-refractivity contribution is -0.116. The molecular weight excluding hydrogens is 424 g/mol. The number of carbonyl (C=O) groups excluding carboxylic acids is 2. The zero-order chi connectivity index (χ0) is 23.3. The van der Waals surface area contributed by atoms with Gasteiger partial charge in [-0.05, 0) is 50.6 Å². The van der Waals surface area contributed by atoms with Crippen molar-refractivity contribution in [2.75, 3.05) is 11.9 Å². The van der Waals surface area contributed by atoms with E-state index >= 15 is 0 Å². The third kappa shape index (κ3) is 5.90. The summed E-state index contributed by atoms with van der Waals surface area (Å²) in [6.07, 6.45) is 0. The molecule has 32 heavy (non-hydrogen) atoms. The second-order valence-corrected chi connectivity index (χ2v) is 9.69. The number of rotatable bonds is 8. The molecule has 3 rings (SSSR count). The van der Waals surface area contributed by atoms with Crippen molar-refractivity contribution < 1.29 is 18.0 Å². The van der Waals surface area contributed by atoms with Gasteiger partial charge in [0.2, 0.25) is 15.9 Å². The van der Waals surface area contributed by atoms with E-state index in [1.807, 2.05) is 38.1 Å². The quantitative estimate of drug-likeness (QED) is 0.518. The SMILES string of the molecule is CC(=O)c1cccc(NC(=O)CN(Cc2ccc(C)cc2)S(=O)(=O)c2ccc(C)cc2)c1. The van der Waals surface area contributed by atoms with E-state index in [0.717, 1.165) is 21.0 Å². The number of ketones is 1. The van der Waals surface area contributed by atoms with Crippen molar-refractivity contribution in [3.63, 3.8) is 0 Å². The molecule has 0 saturated heterocycles. The summed E-state index contributed by atoms with van der Waals surface area (Å²) in [7, 11) is -3.92. The normalized spacial score (nSPS) is 11.4. The molecule has 0 fully saturated rings. The molecule has 0 aliphatic rings. The lowest BCUT2D eigenvalue weighted by atomic mass is 10.1. The number of carbonyl (C=O) groups is 2. The summed E-state index contributed by atoms with van der Waals surface area (Å²) in [6, 6.07) is 20.6. The molecule has 1 N–H and O–H groups in total. The van der Waals surface area contributed by atoms with Gasteiger partial charge in [-0.1, -0.05) is 59.7 Å². The zero-order valence-corrected chi connectivity index (χ0v) is 19.1. The van der Waals surface area contributed by atoms with Crippen molar-refractivity contribution in [3.05, 3.63) is 95.1 Å². The summed E-state index contributed by atoms with van der Waals surface area (Å²) in [6.45, 7) is 4.96. The second kappa shape index (κ2) is 9.89. The van der Waals surface area contributed by atoms with E-state index in [4.69, 9.17) is 0 Å². The summed E-state index contributed by atoms with van der Waals surface area (Å²) < 4.78 is 27.9. The van der Waals surface area contributed by atoms with E-state index in [2.05, 4.69) is 5.32 Å². The fraction of sp³-hybridized carbons (Fsp3) is 0.200. The number of aryl methyl sites for hydroxylation is 2. The molecule has 7 heteroatoms. The monoisotopic (exact) mass is 450 g/mol. The minimum atomic E-state index is -3.92. The van der Waals surface area contributed by atoms with Gasteiger partial charge in [0.25, 0.3) is 0 Å². The molecule has 0 saturated carbocycles. The van der Waals surface area contributed by atoms with Crippen molar-refractivity contribution in [2.45, 2.75) is 32.2 Å². The fourth-order valence-corrected chi connectivity index (χ4v) is 4.54. The number of amides is 1. The molecule has 0 spiro atoms. The summed E-state index contributed by atoms with van der Waals surface area (Å²) in [4.78, 5) is 24.5. The fourth-order valence-electron chi connectivity index (χ4n) is 3.16.